The Bertz CT molecular complexity index is 1560. The highest BCUT2D eigenvalue weighted by Gasteiger charge is 2.51. The zero-order valence-electron chi connectivity index (χ0n) is 21.3. The van der Waals surface area contributed by atoms with Crippen molar-refractivity contribution in [3.05, 3.63) is 110 Å². The van der Waals surface area contributed by atoms with Crippen LogP contribution in [0.15, 0.2) is 83.4 Å². The molecule has 2 aliphatic rings. The Hall–Kier alpha value is -3.79. The summed E-state index contributed by atoms with van der Waals surface area (Å²) in [5.74, 6) is -3.96. The minimum Gasteiger partial charge on any atom is -0.423 e. The van der Waals surface area contributed by atoms with E-state index in [1.807, 2.05) is 12.2 Å². The van der Waals surface area contributed by atoms with E-state index in [0.717, 1.165) is 14.5 Å². The standard InChI is InChI=1S/C30H21BrCl2N2O6/c31-20-10-5-18(6-11-20)30(40)41-21-12-7-17(8-13-21)26(36)16-34(27(37)19-9-14-24(32)25(33)15-19)35-28(38)22-3-1-2-4-23(22)29(35)39/h1-2,5-15,22-23H,3-4,16H2/t22-,23+. The summed E-state index contributed by atoms with van der Waals surface area (Å²) in [5.41, 5.74) is 0.579. The van der Waals surface area contributed by atoms with Crippen LogP contribution in [-0.2, 0) is 9.59 Å². The molecule has 3 amide bonds. The average Bonchev–Trinajstić information content (AvgIpc) is 3.22. The smallest absolute Gasteiger partial charge is 0.343 e. The molecule has 1 aliphatic heterocycles. The number of benzene rings is 3. The van der Waals surface area contributed by atoms with Gasteiger partial charge in [0.05, 0.1) is 27.4 Å². The predicted molar refractivity (Wildman–Crippen MR) is 155 cm³/mol. The van der Waals surface area contributed by atoms with Gasteiger partial charge < -0.3 is 4.74 Å². The van der Waals surface area contributed by atoms with Crippen LogP contribution in [0.2, 0.25) is 10.0 Å². The fourth-order valence-electron chi connectivity index (χ4n) is 4.72. The minimum atomic E-state index is -0.759. The molecule has 0 N–H and O–H groups in total. The first kappa shape index (κ1) is 28.7. The van der Waals surface area contributed by atoms with Gasteiger partial charge in [0.15, 0.2) is 5.78 Å². The van der Waals surface area contributed by atoms with Gasteiger partial charge >= 0.3 is 5.97 Å². The van der Waals surface area contributed by atoms with E-state index >= 15 is 0 Å². The number of ketones is 1. The highest BCUT2D eigenvalue weighted by Crippen LogP contribution is 2.36. The normalized spacial score (nSPS) is 17.8. The third kappa shape index (κ3) is 5.98. The molecule has 0 radical (unpaired) electrons. The second-order valence-electron chi connectivity index (χ2n) is 9.48. The lowest BCUT2D eigenvalue weighted by atomic mass is 9.85. The summed E-state index contributed by atoms with van der Waals surface area (Å²) >= 11 is 15.4. The van der Waals surface area contributed by atoms with E-state index < -0.39 is 47.9 Å². The van der Waals surface area contributed by atoms with E-state index in [1.165, 1.54) is 42.5 Å². The molecular weight excluding hydrogens is 635 g/mol. The van der Waals surface area contributed by atoms with Gasteiger partial charge in [-0.15, -0.1) is 0 Å². The molecule has 0 bridgehead atoms. The number of hydrogen-bond acceptors (Lipinski definition) is 6. The number of nitrogens with zero attached hydrogens (tertiary/aromatic N) is 2. The molecule has 0 aromatic heterocycles. The number of esters is 1. The van der Waals surface area contributed by atoms with Gasteiger partial charge in [-0.05, 0) is 79.6 Å². The molecule has 0 saturated carbocycles. The Morgan fingerprint density at radius 2 is 1.37 bits per heavy atom. The molecule has 1 heterocycles. The average molecular weight is 656 g/mol. The third-order valence-corrected chi connectivity index (χ3v) is 8.15. The molecule has 11 heteroatoms. The van der Waals surface area contributed by atoms with Gasteiger partial charge in [0.1, 0.15) is 12.3 Å². The van der Waals surface area contributed by atoms with E-state index in [4.69, 9.17) is 27.9 Å². The van der Waals surface area contributed by atoms with Crippen LogP contribution in [-0.4, -0.2) is 46.0 Å². The number of ether oxygens (including phenoxy) is 1. The second kappa shape index (κ2) is 12.0. The number of carbonyl (C=O) groups is 5. The molecule has 5 rings (SSSR count). The second-order valence-corrected chi connectivity index (χ2v) is 11.2. The van der Waals surface area contributed by atoms with Crippen LogP contribution in [0.1, 0.15) is 43.9 Å². The highest BCUT2D eigenvalue weighted by atomic mass is 79.9. The van der Waals surface area contributed by atoms with E-state index in [9.17, 15) is 24.0 Å². The van der Waals surface area contributed by atoms with E-state index in [0.29, 0.717) is 18.4 Å². The van der Waals surface area contributed by atoms with Crippen molar-refractivity contribution in [2.24, 2.45) is 11.8 Å². The summed E-state index contributed by atoms with van der Waals surface area (Å²) in [6.07, 6.45) is 4.40. The summed E-state index contributed by atoms with van der Waals surface area (Å²) in [4.78, 5) is 66.1. The van der Waals surface area contributed by atoms with Crippen molar-refractivity contribution >= 4 is 68.6 Å². The van der Waals surface area contributed by atoms with Crippen molar-refractivity contribution in [2.75, 3.05) is 6.54 Å². The lowest BCUT2D eigenvalue weighted by molar-refractivity contribution is -0.154. The van der Waals surface area contributed by atoms with Crippen LogP contribution >= 0.6 is 39.1 Å². The topological polar surface area (TPSA) is 101 Å². The zero-order chi connectivity index (χ0) is 29.3. The van der Waals surface area contributed by atoms with Crippen LogP contribution in [0, 0.1) is 11.8 Å². The minimum absolute atomic E-state index is 0.0519. The molecule has 41 heavy (non-hydrogen) atoms. The van der Waals surface area contributed by atoms with Gasteiger partial charge in [0.25, 0.3) is 17.7 Å². The van der Waals surface area contributed by atoms with Crippen LogP contribution in [0.25, 0.3) is 0 Å². The molecule has 1 fully saturated rings. The lowest BCUT2D eigenvalue weighted by Crippen LogP contribution is -2.52. The zero-order valence-corrected chi connectivity index (χ0v) is 24.4. The molecular formula is C30H21BrCl2N2O6. The van der Waals surface area contributed by atoms with Gasteiger partial charge in [0, 0.05) is 15.6 Å². The SMILES string of the molecule is O=C(CN(C(=O)c1ccc(Cl)c(Cl)c1)N1C(=O)[C@H]2CC=CC[C@H]2C1=O)c1ccc(OC(=O)c2ccc(Br)cc2)cc1. The summed E-state index contributed by atoms with van der Waals surface area (Å²) < 4.78 is 6.20. The van der Waals surface area contributed by atoms with E-state index in [2.05, 4.69) is 15.9 Å². The van der Waals surface area contributed by atoms with Crippen molar-refractivity contribution < 1.29 is 28.7 Å². The summed E-state index contributed by atoms with van der Waals surface area (Å²) in [6.45, 7) is -0.596. The van der Waals surface area contributed by atoms with Crippen molar-refractivity contribution in [3.63, 3.8) is 0 Å². The van der Waals surface area contributed by atoms with Crippen molar-refractivity contribution in [2.45, 2.75) is 12.8 Å². The molecule has 0 unspecified atom stereocenters. The van der Waals surface area contributed by atoms with Gasteiger partial charge in [-0.1, -0.05) is 51.3 Å². The molecule has 208 valence electrons. The van der Waals surface area contributed by atoms with Crippen LogP contribution in [0.5, 0.6) is 5.75 Å². The number of carbonyl (C=O) groups excluding carboxylic acids is 5. The fraction of sp³-hybridized carbons (Fsp3) is 0.167. The number of amides is 3. The molecule has 2 atom stereocenters. The monoisotopic (exact) mass is 654 g/mol. The molecule has 3 aromatic rings. The largest absolute Gasteiger partial charge is 0.423 e. The summed E-state index contributed by atoms with van der Waals surface area (Å²) in [5, 5.41) is 1.98. The number of hydrazine groups is 1. The maximum atomic E-state index is 13.6. The first-order valence-electron chi connectivity index (χ1n) is 12.5. The maximum Gasteiger partial charge on any atom is 0.343 e. The Balaban J connectivity index is 1.38. The van der Waals surface area contributed by atoms with Gasteiger partial charge in [-0.3, -0.25) is 19.2 Å². The van der Waals surface area contributed by atoms with E-state index in [-0.39, 0.29) is 26.9 Å². The predicted octanol–water partition coefficient (Wildman–Crippen LogP) is 6.17. The quantitative estimate of drug-likeness (QED) is 0.0993. The third-order valence-electron chi connectivity index (χ3n) is 6.89. The van der Waals surface area contributed by atoms with Crippen LogP contribution < -0.4 is 4.74 Å². The van der Waals surface area contributed by atoms with E-state index in [1.54, 1.807) is 24.3 Å². The van der Waals surface area contributed by atoms with Gasteiger partial charge in [-0.25, -0.2) is 9.80 Å². The molecule has 8 nitrogen and oxygen atoms in total. The van der Waals surface area contributed by atoms with Gasteiger partial charge in [0.2, 0.25) is 0 Å². The Morgan fingerprint density at radius 3 is 1.95 bits per heavy atom. The van der Waals surface area contributed by atoms with Crippen LogP contribution in [0.4, 0.5) is 0 Å². The first-order valence-corrected chi connectivity index (χ1v) is 14.1. The number of fused-ring (bicyclic) bond motifs is 1. The molecule has 1 aliphatic carbocycles. The van der Waals surface area contributed by atoms with Crippen molar-refractivity contribution in [1.29, 1.82) is 0 Å². The summed E-state index contributed by atoms with van der Waals surface area (Å²) in [6, 6.07) is 16.5. The van der Waals surface area contributed by atoms with Crippen molar-refractivity contribution in [3.8, 4) is 5.75 Å². The molecule has 1 saturated heterocycles. The number of hydrogen-bond donors (Lipinski definition) is 0. The maximum absolute atomic E-state index is 13.6. The Morgan fingerprint density at radius 1 is 0.805 bits per heavy atom. The molecule has 0 spiro atoms. The number of imide groups is 1. The summed E-state index contributed by atoms with van der Waals surface area (Å²) in [7, 11) is 0. The Kier molecular flexibility index (Phi) is 8.40. The first-order chi connectivity index (χ1) is 19.6. The van der Waals surface area contributed by atoms with Crippen molar-refractivity contribution in [1.82, 2.24) is 10.0 Å². The number of rotatable bonds is 7. The lowest BCUT2D eigenvalue weighted by Gasteiger charge is -2.30. The van der Waals surface area contributed by atoms with Gasteiger partial charge in [-0.2, -0.15) is 5.01 Å². The number of Topliss-reactive ketones (excluding diaryl/α,β-unsaturated/α-hetero) is 1. The number of allylic oxidation sites excluding steroid dienone is 2. The number of halogens is 3. The Labute approximate surface area is 253 Å². The highest BCUT2D eigenvalue weighted by molar-refractivity contribution is 9.10. The van der Waals surface area contributed by atoms with Crippen LogP contribution in [0.3, 0.4) is 0 Å². The molecule has 3 aromatic carbocycles. The fourth-order valence-corrected chi connectivity index (χ4v) is 5.28.